The van der Waals surface area contributed by atoms with Crippen LogP contribution in [-0.4, -0.2) is 26.1 Å². The van der Waals surface area contributed by atoms with E-state index in [1.165, 1.54) is 11.3 Å². The molecule has 5 heteroatoms. The second kappa shape index (κ2) is 7.11. The van der Waals surface area contributed by atoms with E-state index in [1.54, 1.807) is 0 Å². The van der Waals surface area contributed by atoms with Gasteiger partial charge in [-0.3, -0.25) is 4.79 Å². The Labute approximate surface area is 102 Å². The number of carbonyl (C=O) groups excluding carboxylic acids is 1. The maximum absolute atomic E-state index is 10.6. The number of hydrogen-bond donors (Lipinski definition) is 0. The Balaban J connectivity index is 2.28. The molecule has 0 saturated carbocycles. The molecule has 1 heterocycles. The lowest BCUT2D eigenvalue weighted by Gasteiger charge is -2.01. The van der Waals surface area contributed by atoms with Gasteiger partial charge in [0, 0.05) is 16.0 Å². The van der Waals surface area contributed by atoms with Gasteiger partial charge in [-0.05, 0) is 28.9 Å². The highest BCUT2D eigenvalue weighted by Crippen LogP contribution is 2.26. The summed E-state index contributed by atoms with van der Waals surface area (Å²) in [6, 6.07) is 1.91. The zero-order valence-electron chi connectivity index (χ0n) is 8.49. The molecule has 0 aliphatic carbocycles. The fraction of sp³-hybridized carbons (Fsp3) is 0.500. The first-order valence-electron chi connectivity index (χ1n) is 4.66. The van der Waals surface area contributed by atoms with Gasteiger partial charge in [0.15, 0.2) is 6.29 Å². The van der Waals surface area contributed by atoms with Crippen molar-refractivity contribution >= 4 is 33.6 Å². The number of rotatable bonds is 7. The molecule has 0 saturated heterocycles. The van der Waals surface area contributed by atoms with Crippen LogP contribution in [0.3, 0.4) is 0 Å². The van der Waals surface area contributed by atoms with E-state index >= 15 is 0 Å². The van der Waals surface area contributed by atoms with Crippen LogP contribution in [0.2, 0.25) is 0 Å². The molecule has 0 fully saturated rings. The Hall–Kier alpha value is -0.230. The van der Waals surface area contributed by atoms with Gasteiger partial charge in [0.1, 0.15) is 0 Å². The van der Waals surface area contributed by atoms with Crippen LogP contribution in [-0.2, 0) is 16.1 Å². The van der Waals surface area contributed by atoms with Crippen molar-refractivity contribution in [1.29, 1.82) is 0 Å². The average molecular weight is 293 g/mol. The van der Waals surface area contributed by atoms with Crippen molar-refractivity contribution in [1.82, 2.24) is 0 Å². The Kier molecular flexibility index (Phi) is 6.09. The summed E-state index contributed by atoms with van der Waals surface area (Å²) in [5.74, 6) is 0. The molecular weight excluding hydrogens is 280 g/mol. The van der Waals surface area contributed by atoms with Crippen LogP contribution in [0.1, 0.15) is 21.5 Å². The van der Waals surface area contributed by atoms with Gasteiger partial charge in [-0.15, -0.1) is 11.3 Å². The minimum Gasteiger partial charge on any atom is -0.379 e. The molecule has 0 bridgehead atoms. The van der Waals surface area contributed by atoms with Gasteiger partial charge in [0.25, 0.3) is 0 Å². The molecule has 1 rings (SSSR count). The van der Waals surface area contributed by atoms with E-state index in [9.17, 15) is 4.79 Å². The van der Waals surface area contributed by atoms with Gasteiger partial charge in [-0.1, -0.05) is 0 Å². The molecule has 0 N–H and O–H groups in total. The smallest absolute Gasteiger partial charge is 0.161 e. The highest BCUT2D eigenvalue weighted by molar-refractivity contribution is 9.10. The number of carbonyl (C=O) groups is 1. The van der Waals surface area contributed by atoms with E-state index in [0.29, 0.717) is 31.3 Å². The van der Waals surface area contributed by atoms with Crippen molar-refractivity contribution in [3.63, 3.8) is 0 Å². The molecule has 0 spiro atoms. The topological polar surface area (TPSA) is 35.5 Å². The van der Waals surface area contributed by atoms with Gasteiger partial charge in [0.05, 0.1) is 24.7 Å². The first-order chi connectivity index (χ1) is 7.27. The Morgan fingerprint density at radius 3 is 2.80 bits per heavy atom. The normalized spacial score (nSPS) is 10.5. The largest absolute Gasteiger partial charge is 0.379 e. The lowest BCUT2D eigenvalue weighted by atomic mass is 10.4. The molecule has 0 amide bonds. The SMILES string of the molecule is CCOCCOCc1cc(Br)c(C=O)s1. The molecule has 0 radical (unpaired) electrons. The van der Waals surface area contributed by atoms with Crippen LogP contribution < -0.4 is 0 Å². The molecule has 0 unspecified atom stereocenters. The lowest BCUT2D eigenvalue weighted by Crippen LogP contribution is -2.03. The molecule has 15 heavy (non-hydrogen) atoms. The summed E-state index contributed by atoms with van der Waals surface area (Å²) in [5.41, 5.74) is 0. The number of ether oxygens (including phenoxy) is 2. The monoisotopic (exact) mass is 292 g/mol. The maximum Gasteiger partial charge on any atom is 0.161 e. The van der Waals surface area contributed by atoms with E-state index in [4.69, 9.17) is 9.47 Å². The molecule has 0 aliphatic rings. The summed E-state index contributed by atoms with van der Waals surface area (Å²) in [4.78, 5) is 12.3. The second-order valence-corrected chi connectivity index (χ2v) is 4.81. The highest BCUT2D eigenvalue weighted by atomic mass is 79.9. The predicted octanol–water partition coefficient (Wildman–Crippen LogP) is 2.88. The molecule has 0 aromatic carbocycles. The zero-order chi connectivity index (χ0) is 11.1. The van der Waals surface area contributed by atoms with Crippen molar-refractivity contribution in [2.45, 2.75) is 13.5 Å². The first-order valence-corrected chi connectivity index (χ1v) is 6.27. The van der Waals surface area contributed by atoms with Crippen LogP contribution in [0.4, 0.5) is 0 Å². The third-order valence-corrected chi connectivity index (χ3v) is 3.64. The third kappa shape index (κ3) is 4.42. The third-order valence-electron chi connectivity index (χ3n) is 1.69. The molecular formula is C10H13BrO3S. The second-order valence-electron chi connectivity index (χ2n) is 2.79. The van der Waals surface area contributed by atoms with Crippen molar-refractivity contribution < 1.29 is 14.3 Å². The van der Waals surface area contributed by atoms with Crippen molar-refractivity contribution in [3.8, 4) is 0 Å². The molecule has 84 valence electrons. The first kappa shape index (κ1) is 12.8. The van der Waals surface area contributed by atoms with Crippen LogP contribution in [0.25, 0.3) is 0 Å². The predicted molar refractivity (Wildman–Crippen MR) is 63.6 cm³/mol. The number of halogens is 1. The van der Waals surface area contributed by atoms with E-state index in [1.807, 2.05) is 13.0 Å². The molecule has 1 aromatic rings. The van der Waals surface area contributed by atoms with Gasteiger partial charge in [-0.2, -0.15) is 0 Å². The zero-order valence-corrected chi connectivity index (χ0v) is 10.9. The van der Waals surface area contributed by atoms with Gasteiger partial charge in [0.2, 0.25) is 0 Å². The van der Waals surface area contributed by atoms with Gasteiger partial charge >= 0.3 is 0 Å². The Bertz CT molecular complexity index is 312. The standard InChI is InChI=1S/C10H13BrO3S/c1-2-13-3-4-14-7-8-5-9(11)10(6-12)15-8/h5-6H,2-4,7H2,1H3. The van der Waals surface area contributed by atoms with E-state index in [0.717, 1.165) is 15.6 Å². The van der Waals surface area contributed by atoms with Gasteiger partial charge < -0.3 is 9.47 Å². The van der Waals surface area contributed by atoms with E-state index in [-0.39, 0.29) is 0 Å². The van der Waals surface area contributed by atoms with E-state index < -0.39 is 0 Å². The molecule has 3 nitrogen and oxygen atoms in total. The molecule has 0 atom stereocenters. The molecule has 1 aromatic heterocycles. The fourth-order valence-corrected chi connectivity index (χ4v) is 2.59. The van der Waals surface area contributed by atoms with Crippen molar-refractivity contribution in [2.24, 2.45) is 0 Å². The maximum atomic E-state index is 10.6. The number of aldehydes is 1. The minimum absolute atomic E-state index is 0.532. The van der Waals surface area contributed by atoms with Gasteiger partial charge in [-0.25, -0.2) is 0 Å². The number of hydrogen-bond acceptors (Lipinski definition) is 4. The van der Waals surface area contributed by atoms with Crippen LogP contribution in [0.5, 0.6) is 0 Å². The summed E-state index contributed by atoms with van der Waals surface area (Å²) in [7, 11) is 0. The summed E-state index contributed by atoms with van der Waals surface area (Å²) in [6.07, 6.45) is 0.846. The summed E-state index contributed by atoms with van der Waals surface area (Å²) < 4.78 is 11.4. The summed E-state index contributed by atoms with van der Waals surface area (Å²) in [6.45, 7) is 4.39. The minimum atomic E-state index is 0.532. The summed E-state index contributed by atoms with van der Waals surface area (Å²) in [5, 5.41) is 0. The highest BCUT2D eigenvalue weighted by Gasteiger charge is 2.05. The van der Waals surface area contributed by atoms with E-state index in [2.05, 4.69) is 15.9 Å². The van der Waals surface area contributed by atoms with Crippen molar-refractivity contribution in [2.75, 3.05) is 19.8 Å². The van der Waals surface area contributed by atoms with Crippen LogP contribution in [0.15, 0.2) is 10.5 Å². The van der Waals surface area contributed by atoms with Crippen LogP contribution >= 0.6 is 27.3 Å². The van der Waals surface area contributed by atoms with Crippen molar-refractivity contribution in [3.05, 3.63) is 20.3 Å². The van der Waals surface area contributed by atoms with Crippen LogP contribution in [0, 0.1) is 0 Å². The fourth-order valence-electron chi connectivity index (χ4n) is 1.02. The quantitative estimate of drug-likeness (QED) is 0.573. The Morgan fingerprint density at radius 1 is 1.47 bits per heavy atom. The number of thiophene rings is 1. The lowest BCUT2D eigenvalue weighted by molar-refractivity contribution is 0.0462. The summed E-state index contributed by atoms with van der Waals surface area (Å²) >= 11 is 4.75. The molecule has 0 aliphatic heterocycles. The average Bonchev–Trinajstić information content (AvgIpc) is 2.59. The Morgan fingerprint density at radius 2 is 2.20 bits per heavy atom.